The third kappa shape index (κ3) is 2.67. The molecule has 1 aromatic heterocycles. The third-order valence-electron chi connectivity index (χ3n) is 3.03. The second kappa shape index (κ2) is 4.53. The standard InChI is InChI=1S/C15H18N2O2/c1-10-9-13(14(18)19)17(16-10)12-7-5-11(6-8-12)15(2,3)4/h5-9H,1-4H3,(H,18,19). The highest BCUT2D eigenvalue weighted by Gasteiger charge is 2.16. The Morgan fingerprint density at radius 1 is 1.21 bits per heavy atom. The summed E-state index contributed by atoms with van der Waals surface area (Å²) < 4.78 is 1.46. The molecule has 0 unspecified atom stereocenters. The van der Waals surface area contributed by atoms with Gasteiger partial charge in [-0.25, -0.2) is 9.48 Å². The van der Waals surface area contributed by atoms with Gasteiger partial charge in [0.15, 0.2) is 5.69 Å². The van der Waals surface area contributed by atoms with Crippen molar-refractivity contribution in [1.29, 1.82) is 0 Å². The minimum absolute atomic E-state index is 0.0776. The fourth-order valence-corrected chi connectivity index (χ4v) is 1.95. The van der Waals surface area contributed by atoms with E-state index in [4.69, 9.17) is 5.11 Å². The molecule has 0 bridgehead atoms. The van der Waals surface area contributed by atoms with Gasteiger partial charge in [-0.15, -0.1) is 0 Å². The molecule has 1 N–H and O–H groups in total. The lowest BCUT2D eigenvalue weighted by atomic mass is 9.87. The Bertz CT molecular complexity index is 604. The maximum atomic E-state index is 11.2. The van der Waals surface area contributed by atoms with Crippen molar-refractivity contribution in [3.63, 3.8) is 0 Å². The maximum Gasteiger partial charge on any atom is 0.354 e. The number of hydrogen-bond donors (Lipinski definition) is 1. The fourth-order valence-electron chi connectivity index (χ4n) is 1.95. The first-order valence-corrected chi connectivity index (χ1v) is 6.20. The predicted molar refractivity (Wildman–Crippen MR) is 74.0 cm³/mol. The van der Waals surface area contributed by atoms with Crippen molar-refractivity contribution in [2.75, 3.05) is 0 Å². The van der Waals surface area contributed by atoms with Crippen LogP contribution in [0.15, 0.2) is 30.3 Å². The van der Waals surface area contributed by atoms with Crippen LogP contribution in [0.5, 0.6) is 0 Å². The molecule has 0 amide bonds. The van der Waals surface area contributed by atoms with Crippen molar-refractivity contribution in [2.24, 2.45) is 0 Å². The van der Waals surface area contributed by atoms with Crippen molar-refractivity contribution in [1.82, 2.24) is 9.78 Å². The fraction of sp³-hybridized carbons (Fsp3) is 0.333. The maximum absolute atomic E-state index is 11.2. The molecule has 4 nitrogen and oxygen atoms in total. The number of aromatic carboxylic acids is 1. The highest BCUT2D eigenvalue weighted by Crippen LogP contribution is 2.23. The molecule has 19 heavy (non-hydrogen) atoms. The average molecular weight is 258 g/mol. The van der Waals surface area contributed by atoms with Crippen molar-refractivity contribution >= 4 is 5.97 Å². The van der Waals surface area contributed by atoms with Gasteiger partial charge in [-0.1, -0.05) is 32.9 Å². The quantitative estimate of drug-likeness (QED) is 0.900. The second-order valence-corrected chi connectivity index (χ2v) is 5.68. The smallest absolute Gasteiger partial charge is 0.354 e. The summed E-state index contributed by atoms with van der Waals surface area (Å²) in [6, 6.07) is 9.40. The van der Waals surface area contributed by atoms with Crippen LogP contribution in [-0.4, -0.2) is 20.9 Å². The Balaban J connectivity index is 2.46. The zero-order chi connectivity index (χ0) is 14.2. The minimum Gasteiger partial charge on any atom is -0.477 e. The first-order chi connectivity index (χ1) is 8.79. The predicted octanol–water partition coefficient (Wildman–Crippen LogP) is 3.18. The summed E-state index contributed by atoms with van der Waals surface area (Å²) in [7, 11) is 0. The van der Waals surface area contributed by atoms with E-state index in [9.17, 15) is 4.79 Å². The van der Waals surface area contributed by atoms with Gasteiger partial charge >= 0.3 is 5.97 Å². The Kier molecular flexibility index (Phi) is 3.18. The van der Waals surface area contributed by atoms with Crippen LogP contribution in [0.25, 0.3) is 5.69 Å². The second-order valence-electron chi connectivity index (χ2n) is 5.68. The lowest BCUT2D eigenvalue weighted by Gasteiger charge is -2.19. The molecular weight excluding hydrogens is 240 g/mol. The normalized spacial score (nSPS) is 11.6. The Labute approximate surface area is 112 Å². The van der Waals surface area contributed by atoms with Gasteiger partial charge in [0.25, 0.3) is 0 Å². The first-order valence-electron chi connectivity index (χ1n) is 6.20. The SMILES string of the molecule is Cc1cc(C(=O)O)n(-c2ccc(C(C)(C)C)cc2)n1. The summed E-state index contributed by atoms with van der Waals surface area (Å²) in [6.45, 7) is 8.21. The Morgan fingerprint density at radius 2 is 1.79 bits per heavy atom. The van der Waals surface area contributed by atoms with Gasteiger partial charge in [0.1, 0.15) is 0 Å². The number of benzene rings is 1. The molecule has 2 aromatic rings. The number of aryl methyl sites for hydroxylation is 1. The molecular formula is C15H18N2O2. The van der Waals surface area contributed by atoms with Crippen molar-refractivity contribution < 1.29 is 9.90 Å². The van der Waals surface area contributed by atoms with Crippen LogP contribution < -0.4 is 0 Å². The van der Waals surface area contributed by atoms with E-state index in [1.54, 1.807) is 13.0 Å². The molecule has 1 heterocycles. The Hall–Kier alpha value is -2.10. The molecule has 0 radical (unpaired) electrons. The number of carboxylic acids is 1. The average Bonchev–Trinajstić information content (AvgIpc) is 2.70. The first kappa shape index (κ1) is 13.3. The molecule has 0 saturated heterocycles. The molecule has 0 aliphatic carbocycles. The van der Waals surface area contributed by atoms with Crippen LogP contribution in [0.3, 0.4) is 0 Å². The van der Waals surface area contributed by atoms with Crippen molar-refractivity contribution in [3.05, 3.63) is 47.3 Å². The summed E-state index contributed by atoms with van der Waals surface area (Å²) in [4.78, 5) is 11.2. The molecule has 0 fully saturated rings. The number of rotatable bonds is 2. The number of hydrogen-bond acceptors (Lipinski definition) is 2. The van der Waals surface area contributed by atoms with Gasteiger partial charge in [0.05, 0.1) is 11.4 Å². The van der Waals surface area contributed by atoms with Crippen LogP contribution in [0.2, 0.25) is 0 Å². The summed E-state index contributed by atoms with van der Waals surface area (Å²) in [5, 5.41) is 13.4. The molecule has 0 spiro atoms. The van der Waals surface area contributed by atoms with Crippen LogP contribution in [0.1, 0.15) is 42.5 Å². The van der Waals surface area contributed by atoms with Crippen LogP contribution in [0, 0.1) is 6.92 Å². The largest absolute Gasteiger partial charge is 0.477 e. The summed E-state index contributed by atoms with van der Waals surface area (Å²) >= 11 is 0. The van der Waals surface area contributed by atoms with Crippen LogP contribution >= 0.6 is 0 Å². The minimum atomic E-state index is -0.972. The van der Waals surface area contributed by atoms with Gasteiger partial charge in [-0.05, 0) is 36.1 Å². The molecule has 100 valence electrons. The van der Waals surface area contributed by atoms with E-state index in [2.05, 4.69) is 25.9 Å². The summed E-state index contributed by atoms with van der Waals surface area (Å²) in [5.74, 6) is -0.972. The molecule has 0 aliphatic rings. The van der Waals surface area contributed by atoms with E-state index in [0.29, 0.717) is 5.69 Å². The zero-order valence-electron chi connectivity index (χ0n) is 11.6. The van der Waals surface area contributed by atoms with E-state index < -0.39 is 5.97 Å². The van der Waals surface area contributed by atoms with Gasteiger partial charge < -0.3 is 5.11 Å². The van der Waals surface area contributed by atoms with E-state index in [1.807, 2.05) is 24.3 Å². The third-order valence-corrected chi connectivity index (χ3v) is 3.03. The lowest BCUT2D eigenvalue weighted by Crippen LogP contribution is -2.12. The van der Waals surface area contributed by atoms with Gasteiger partial charge in [-0.3, -0.25) is 0 Å². The molecule has 4 heteroatoms. The van der Waals surface area contributed by atoms with Gasteiger partial charge in [0, 0.05) is 0 Å². The highest BCUT2D eigenvalue weighted by molar-refractivity contribution is 5.86. The number of aromatic nitrogens is 2. The topological polar surface area (TPSA) is 55.1 Å². The summed E-state index contributed by atoms with van der Waals surface area (Å²) in [5.41, 5.74) is 2.92. The number of carbonyl (C=O) groups is 1. The lowest BCUT2D eigenvalue weighted by molar-refractivity contribution is 0.0687. The Morgan fingerprint density at radius 3 is 2.26 bits per heavy atom. The van der Waals surface area contributed by atoms with Crippen molar-refractivity contribution in [2.45, 2.75) is 33.1 Å². The summed E-state index contributed by atoms with van der Waals surface area (Å²) in [6.07, 6.45) is 0. The van der Waals surface area contributed by atoms with E-state index >= 15 is 0 Å². The molecule has 0 saturated carbocycles. The molecule has 0 aliphatic heterocycles. The zero-order valence-corrected chi connectivity index (χ0v) is 11.6. The number of carboxylic acid groups (broad SMARTS) is 1. The molecule has 1 aromatic carbocycles. The van der Waals surface area contributed by atoms with Gasteiger partial charge in [-0.2, -0.15) is 5.10 Å². The van der Waals surface area contributed by atoms with Crippen LogP contribution in [-0.2, 0) is 5.41 Å². The monoisotopic (exact) mass is 258 g/mol. The number of nitrogens with zero attached hydrogens (tertiary/aromatic N) is 2. The van der Waals surface area contributed by atoms with Gasteiger partial charge in [0.2, 0.25) is 0 Å². The molecule has 0 atom stereocenters. The van der Waals surface area contributed by atoms with E-state index in [1.165, 1.54) is 10.2 Å². The van der Waals surface area contributed by atoms with E-state index in [-0.39, 0.29) is 11.1 Å². The van der Waals surface area contributed by atoms with Crippen LogP contribution in [0.4, 0.5) is 0 Å². The highest BCUT2D eigenvalue weighted by atomic mass is 16.4. The van der Waals surface area contributed by atoms with Crippen molar-refractivity contribution in [3.8, 4) is 5.69 Å². The molecule has 2 rings (SSSR count). The van der Waals surface area contributed by atoms with E-state index in [0.717, 1.165) is 5.69 Å².